The molecule has 0 saturated carbocycles. The number of unbranched alkanes of at least 4 members (excludes halogenated alkanes) is 3. The molecule has 0 radical (unpaired) electrons. The second-order valence-corrected chi connectivity index (χ2v) is 36.0. The molecule has 19 N–H and O–H groups in total. The fraction of sp³-hybridized carbons (Fsp3) is 0.370. The number of nitrogens with zero attached hydrogens (tertiary/aromatic N) is 9. The summed E-state index contributed by atoms with van der Waals surface area (Å²) in [4.78, 5) is 137. The zero-order valence-electron chi connectivity index (χ0n) is 69.4. The van der Waals surface area contributed by atoms with Gasteiger partial charge in [0.15, 0.2) is 17.5 Å². The van der Waals surface area contributed by atoms with Crippen molar-refractivity contribution in [2.24, 2.45) is 0 Å². The van der Waals surface area contributed by atoms with Gasteiger partial charge in [0.25, 0.3) is 0 Å². The van der Waals surface area contributed by atoms with Crippen LogP contribution in [-0.2, 0) is 105 Å². The van der Waals surface area contributed by atoms with Crippen LogP contribution in [0.2, 0.25) is 0 Å². The number of halogens is 3. The molecular weight excluding hydrogens is 2070 g/mol. The number of imidazole rings is 3. The predicted octanol–water partition coefficient (Wildman–Crippen LogP) is 11.3. The standard InChI is InChI=1S/C27H34IN5O10P2.2C27H33IN5O7P/c1-2-3-4-23-32-25-26(33(23)16-18-14-19(42-44(35,36)37)6-8-22(18)43-45(38,39)40)20-13-17(5-7-21(20)31-27(25)29)9-11-41-12-10-30-24(34)15-28;1-2-3-4-23-32-25-26(33(23)16-18-14-19(6-8-22(18)34)40-41(36,37)38)20-13-17(5-7-21(20)31-27(25)29)9-11-39-12-10-30-24(35)15-28;1-2-3-4-23-32-25-26(33(23)16-18-14-19(34)6-8-22(18)40-41(36,37)38)20-13-17(5-7-21(20)31-27(25)29)9-11-39-12-10-30-24(35)15-28/h5-8,13-14H,2-4,9-12,15-16H2,1H3,(H2,29,31)(H,30,34)(H2,35,36,37)(H2,38,39,40);2*5-8,13-14,34H,2-4,9-12,15-16H2,1H3,(H2,29,31)(H,30,35)(H2,36,37,38). The molecule has 0 saturated heterocycles. The third-order valence-electron chi connectivity index (χ3n) is 19.5. The van der Waals surface area contributed by atoms with Crippen molar-refractivity contribution in [2.75, 3.05) is 89.8 Å². The van der Waals surface area contributed by atoms with E-state index in [4.69, 9.17) is 64.5 Å². The number of nitrogen functional groups attached to an aromatic ring is 3. The number of aromatic nitrogens is 9. The minimum Gasteiger partial charge on any atom is -0.508 e. The number of fused-ring (bicyclic) bond motifs is 9. The molecule has 0 aliphatic carbocycles. The Morgan fingerprint density at radius 1 is 0.386 bits per heavy atom. The van der Waals surface area contributed by atoms with Crippen molar-refractivity contribution in [1.29, 1.82) is 0 Å². The van der Waals surface area contributed by atoms with Crippen LogP contribution in [0.15, 0.2) is 109 Å². The zero-order chi connectivity index (χ0) is 91.9. The number of rotatable bonds is 44. The van der Waals surface area contributed by atoms with Crippen molar-refractivity contribution in [3.63, 3.8) is 0 Å². The monoisotopic (exact) mass is 2170 g/mol. The summed E-state index contributed by atoms with van der Waals surface area (Å²) in [6.07, 6.45) is 8.95. The van der Waals surface area contributed by atoms with Crippen LogP contribution in [0.25, 0.3) is 65.8 Å². The number of ether oxygens (including phenoxy) is 3. The number of phenols is 2. The number of hydrogen-bond donors (Lipinski definition) is 16. The number of nitrogens with two attached hydrogens (primary N) is 3. The summed E-state index contributed by atoms with van der Waals surface area (Å²) in [6.45, 7) is 10.3. The SMILES string of the molecule is CCCCc1nc2c(N)nc3ccc(CCOCCNC(=O)CI)cc3c2n1Cc1cc(O)ccc1OP(=O)(O)O.CCCCc1nc2c(N)nc3ccc(CCOCCNC(=O)CI)cc3c2n1Cc1cc(OP(=O)(O)O)ccc1O.CCCCc1nc2c(N)nc3ccc(CCOCCNC(=O)CI)cc3c2n1Cc1cc(OP(=O)(O)O)ccc1OP(=O)(O)O. The highest BCUT2D eigenvalue weighted by molar-refractivity contribution is 14.1. The number of hydrogen-bond acceptors (Lipinski definition) is 25. The van der Waals surface area contributed by atoms with Crippen LogP contribution in [0, 0.1) is 0 Å². The van der Waals surface area contributed by atoms with Gasteiger partial charge in [-0.25, -0.2) is 48.2 Å². The van der Waals surface area contributed by atoms with Crippen LogP contribution in [0.5, 0.6) is 34.5 Å². The zero-order valence-corrected chi connectivity index (χ0v) is 79.4. The van der Waals surface area contributed by atoms with Gasteiger partial charge in [0, 0.05) is 71.7 Å². The van der Waals surface area contributed by atoms with Crippen molar-refractivity contribution in [3.8, 4) is 34.5 Å². The van der Waals surface area contributed by atoms with E-state index in [1.165, 1.54) is 48.5 Å². The second kappa shape index (κ2) is 46.7. The van der Waals surface area contributed by atoms with E-state index < -0.39 is 31.3 Å². The molecule has 6 heterocycles. The van der Waals surface area contributed by atoms with Crippen molar-refractivity contribution in [1.82, 2.24) is 59.6 Å². The van der Waals surface area contributed by atoms with Crippen LogP contribution < -0.4 is 51.2 Å². The van der Waals surface area contributed by atoms with Crippen LogP contribution in [0.4, 0.5) is 17.5 Å². The topological polar surface area (TPSA) is 593 Å². The molecule has 0 aliphatic rings. The maximum absolute atomic E-state index is 11.8. The number of aromatic hydroxyl groups is 2. The third-order valence-corrected chi connectivity index (χ3v) is 23.3. The van der Waals surface area contributed by atoms with E-state index in [1.54, 1.807) is 0 Å². The highest BCUT2D eigenvalue weighted by atomic mass is 127. The lowest BCUT2D eigenvalue weighted by atomic mass is 10.1. The summed E-state index contributed by atoms with van der Waals surface area (Å²) in [5, 5.41) is 31.5. The second-order valence-electron chi connectivity index (χ2n) is 29.0. The Bertz CT molecular complexity index is 6110. The van der Waals surface area contributed by atoms with Crippen molar-refractivity contribution >= 4 is 200 Å². The Labute approximate surface area is 769 Å². The van der Waals surface area contributed by atoms with Crippen LogP contribution in [0.3, 0.4) is 0 Å². The van der Waals surface area contributed by atoms with Crippen LogP contribution in [-0.4, -0.2) is 183 Å². The highest BCUT2D eigenvalue weighted by Crippen LogP contribution is 2.46. The summed E-state index contributed by atoms with van der Waals surface area (Å²) >= 11 is 6.01. The lowest BCUT2D eigenvalue weighted by molar-refractivity contribution is -0.119. The highest BCUT2D eigenvalue weighted by Gasteiger charge is 2.28. The molecule has 0 fully saturated rings. The minimum atomic E-state index is -5.00. The molecule has 684 valence electrons. The van der Waals surface area contributed by atoms with Gasteiger partial charge in [-0.05, 0) is 146 Å². The number of aryl methyl sites for hydroxylation is 3. The van der Waals surface area contributed by atoms with Gasteiger partial charge in [0.2, 0.25) is 17.7 Å². The molecule has 6 aromatic carbocycles. The predicted molar refractivity (Wildman–Crippen MR) is 504 cm³/mol. The van der Waals surface area contributed by atoms with Crippen LogP contribution in [0.1, 0.15) is 110 Å². The Kier molecular flexibility index (Phi) is 36.9. The van der Waals surface area contributed by atoms with E-state index in [9.17, 15) is 82.0 Å². The largest absolute Gasteiger partial charge is 0.524 e. The van der Waals surface area contributed by atoms with Gasteiger partial charge in [-0.2, -0.15) is 0 Å². The molecular formula is C81H100I3N15O24P4. The summed E-state index contributed by atoms with van der Waals surface area (Å²) in [6, 6.07) is 29.1. The van der Waals surface area contributed by atoms with Gasteiger partial charge >= 0.3 is 31.3 Å². The summed E-state index contributed by atoms with van der Waals surface area (Å²) in [7, 11) is -19.6. The van der Waals surface area contributed by atoms with E-state index in [0.717, 1.165) is 100 Å². The maximum Gasteiger partial charge on any atom is 0.524 e. The Hall–Kier alpha value is -8.76. The lowest BCUT2D eigenvalue weighted by Gasteiger charge is -2.17. The molecule has 0 atom stereocenters. The molecule has 3 amide bonds. The first-order chi connectivity index (χ1) is 60.5. The Morgan fingerprint density at radius 2 is 0.701 bits per heavy atom. The number of amides is 3. The van der Waals surface area contributed by atoms with Gasteiger partial charge in [0.05, 0.1) is 106 Å². The minimum absolute atomic E-state index is 0.0243. The molecule has 12 aromatic rings. The molecule has 46 heteroatoms. The number of phosphoric acid groups is 4. The maximum atomic E-state index is 11.8. The Morgan fingerprint density at radius 3 is 1.03 bits per heavy atom. The smallest absolute Gasteiger partial charge is 0.508 e. The quantitative estimate of drug-likeness (QED) is 0.00730. The van der Waals surface area contributed by atoms with Gasteiger partial charge in [-0.1, -0.05) is 126 Å². The first kappa shape index (κ1) is 100. The fourth-order valence-corrected chi connectivity index (χ4v) is 16.2. The first-order valence-electron chi connectivity index (χ1n) is 40.2. The number of alkyl halides is 3. The van der Waals surface area contributed by atoms with E-state index in [-0.39, 0.29) is 94.9 Å². The molecule has 0 bridgehead atoms. The molecule has 39 nitrogen and oxygen atoms in total. The number of phosphoric ester groups is 4. The van der Waals surface area contributed by atoms with Crippen molar-refractivity contribution in [3.05, 3.63) is 160 Å². The molecule has 12 rings (SSSR count). The van der Waals surface area contributed by atoms with Crippen LogP contribution >= 0.6 is 99.1 Å². The van der Waals surface area contributed by atoms with E-state index in [2.05, 4.69) is 44.7 Å². The molecule has 0 aliphatic heterocycles. The number of carbonyl (C=O) groups is 3. The summed E-state index contributed by atoms with van der Waals surface area (Å²) < 4.78 is 89.7. The number of pyridine rings is 3. The van der Waals surface area contributed by atoms with Crippen molar-refractivity contribution < 1.29 is 114 Å². The van der Waals surface area contributed by atoms with Gasteiger partial charge in [-0.3, -0.25) is 53.5 Å². The molecule has 0 spiro atoms. The van der Waals surface area contributed by atoms with Crippen molar-refractivity contribution in [2.45, 2.75) is 117 Å². The van der Waals surface area contributed by atoms with E-state index in [1.807, 2.05) is 143 Å². The number of nitrogens with one attached hydrogen (secondary N) is 3. The number of anilines is 3. The van der Waals surface area contributed by atoms with E-state index >= 15 is 0 Å². The summed E-state index contributed by atoms with van der Waals surface area (Å²) in [5.41, 5.74) is 28.5. The first-order valence-corrected chi connectivity index (χ1v) is 50.9. The normalized spacial score (nSPS) is 11.9. The van der Waals surface area contributed by atoms with E-state index in [0.29, 0.717) is 167 Å². The number of phenolic OH excluding ortho intramolecular Hbond substituents is 2. The Balaban J connectivity index is 0.000000199. The molecule has 6 aromatic heterocycles. The van der Waals surface area contributed by atoms with Gasteiger partial charge < -0.3 is 89.4 Å². The lowest BCUT2D eigenvalue weighted by Crippen LogP contribution is -2.28. The molecule has 127 heavy (non-hydrogen) atoms. The fourth-order valence-electron chi connectivity index (χ4n) is 13.8. The van der Waals surface area contributed by atoms with Gasteiger partial charge in [0.1, 0.15) is 68.5 Å². The number of benzene rings is 6. The number of carbonyl (C=O) groups excluding carboxylic acids is 3. The third kappa shape index (κ3) is 29.4. The summed E-state index contributed by atoms with van der Waals surface area (Å²) in [5.74, 6) is 2.11. The average molecular weight is 2170 g/mol. The molecule has 0 unspecified atom stereocenters. The average Bonchev–Trinajstić information content (AvgIpc) is 1.62. The van der Waals surface area contributed by atoms with Gasteiger partial charge in [-0.15, -0.1) is 0 Å².